The third-order valence-corrected chi connectivity index (χ3v) is 6.35. The molecule has 1 N–H and O–H groups in total. The third-order valence-electron chi connectivity index (χ3n) is 6.35. The van der Waals surface area contributed by atoms with Crippen LogP contribution in [-0.4, -0.2) is 39.2 Å². The highest BCUT2D eigenvalue weighted by atomic mass is 19.1. The molecule has 2 unspecified atom stereocenters. The summed E-state index contributed by atoms with van der Waals surface area (Å²) < 4.78 is 29.6. The molecule has 1 aliphatic carbocycles. The van der Waals surface area contributed by atoms with Gasteiger partial charge in [0.15, 0.2) is 5.78 Å². The van der Waals surface area contributed by atoms with Gasteiger partial charge in [-0.05, 0) is 42.7 Å². The number of carbonyl (C=O) groups excluding carboxylic acids is 2. The Morgan fingerprint density at radius 3 is 2.50 bits per heavy atom. The van der Waals surface area contributed by atoms with Gasteiger partial charge in [-0.15, -0.1) is 0 Å². The molecule has 0 saturated heterocycles. The van der Waals surface area contributed by atoms with Crippen LogP contribution in [0.3, 0.4) is 0 Å². The second-order valence-corrected chi connectivity index (χ2v) is 8.44. The van der Waals surface area contributed by atoms with Gasteiger partial charge in [-0.3, -0.25) is 4.79 Å². The molecule has 0 saturated carbocycles. The molecule has 4 rings (SSSR count). The fourth-order valence-electron chi connectivity index (χ4n) is 4.82. The van der Waals surface area contributed by atoms with Crippen LogP contribution in [0.2, 0.25) is 0 Å². The molecule has 2 atom stereocenters. The van der Waals surface area contributed by atoms with Crippen LogP contribution in [-0.2, 0) is 19.1 Å². The number of methoxy groups -OCH3 is 2. The highest BCUT2D eigenvalue weighted by molar-refractivity contribution is 6.04. The molecule has 0 radical (unpaired) electrons. The lowest BCUT2D eigenvalue weighted by atomic mass is 9.71. The quantitative estimate of drug-likeness (QED) is 0.483. The molecule has 34 heavy (non-hydrogen) atoms. The predicted molar refractivity (Wildman–Crippen MR) is 125 cm³/mol. The summed E-state index contributed by atoms with van der Waals surface area (Å²) in [5.74, 6) is -0.936. The molecule has 2 aromatic carbocycles. The van der Waals surface area contributed by atoms with Crippen LogP contribution in [0.25, 0.3) is 0 Å². The van der Waals surface area contributed by atoms with Crippen LogP contribution >= 0.6 is 0 Å². The van der Waals surface area contributed by atoms with Gasteiger partial charge >= 0.3 is 5.97 Å². The van der Waals surface area contributed by atoms with E-state index in [4.69, 9.17) is 14.2 Å². The fourth-order valence-corrected chi connectivity index (χ4v) is 4.82. The zero-order chi connectivity index (χ0) is 24.2. The number of ketones is 1. The number of rotatable bonds is 7. The second-order valence-electron chi connectivity index (χ2n) is 8.44. The number of carbonyl (C=O) groups is 2. The number of hydrogen-bond donors (Lipinski definition) is 1. The Labute approximate surface area is 198 Å². The Morgan fingerprint density at radius 2 is 1.79 bits per heavy atom. The molecular weight excluding hydrogens is 437 g/mol. The molecule has 7 heteroatoms. The maximum Gasteiger partial charge on any atom is 0.336 e. The van der Waals surface area contributed by atoms with E-state index < -0.39 is 11.9 Å². The molecule has 2 aliphatic rings. The van der Waals surface area contributed by atoms with Gasteiger partial charge in [0, 0.05) is 42.3 Å². The molecule has 1 heterocycles. The van der Waals surface area contributed by atoms with Crippen molar-refractivity contribution in [3.63, 3.8) is 0 Å². The maximum absolute atomic E-state index is 13.7. The van der Waals surface area contributed by atoms with Crippen LogP contribution in [0.5, 0.6) is 5.75 Å². The smallest absolute Gasteiger partial charge is 0.336 e. The number of dihydropyridines is 1. The van der Waals surface area contributed by atoms with Crippen molar-refractivity contribution in [2.75, 3.05) is 27.4 Å². The van der Waals surface area contributed by atoms with E-state index in [1.165, 1.54) is 19.2 Å². The van der Waals surface area contributed by atoms with Crippen LogP contribution in [0.15, 0.2) is 71.1 Å². The minimum Gasteiger partial charge on any atom is -0.496 e. The zero-order valence-corrected chi connectivity index (χ0v) is 19.5. The lowest BCUT2D eigenvalue weighted by Crippen LogP contribution is -2.36. The second kappa shape index (κ2) is 10.2. The first-order valence-corrected chi connectivity index (χ1v) is 11.2. The summed E-state index contributed by atoms with van der Waals surface area (Å²) in [6.07, 6.45) is 0.867. The van der Waals surface area contributed by atoms with E-state index in [-0.39, 0.29) is 37.2 Å². The summed E-state index contributed by atoms with van der Waals surface area (Å²) in [5.41, 5.74) is 3.90. The summed E-state index contributed by atoms with van der Waals surface area (Å²) in [6.45, 7) is 2.16. The number of benzene rings is 2. The van der Waals surface area contributed by atoms with Gasteiger partial charge in [-0.25, -0.2) is 9.18 Å². The minimum absolute atomic E-state index is 0.0614. The lowest BCUT2D eigenvalue weighted by Gasteiger charge is -2.37. The minimum atomic E-state index is -0.641. The lowest BCUT2D eigenvalue weighted by molar-refractivity contribution is -0.140. The fraction of sp³-hybridized carbons (Fsp3) is 0.333. The normalized spacial score (nSPS) is 20.1. The third kappa shape index (κ3) is 4.61. The highest BCUT2D eigenvalue weighted by Gasteiger charge is 2.41. The van der Waals surface area contributed by atoms with Crippen molar-refractivity contribution < 1.29 is 28.2 Å². The first-order valence-electron chi connectivity index (χ1n) is 11.2. The van der Waals surface area contributed by atoms with Crippen LogP contribution in [0.1, 0.15) is 42.7 Å². The van der Waals surface area contributed by atoms with Gasteiger partial charge in [0.25, 0.3) is 0 Å². The Balaban J connectivity index is 1.75. The van der Waals surface area contributed by atoms with Gasteiger partial charge in [-0.1, -0.05) is 30.3 Å². The number of Topliss-reactive ketones (excluding diaryl/α,β-unsaturated/α-hetero) is 1. The monoisotopic (exact) mass is 465 g/mol. The number of nitrogens with one attached hydrogen (secondary N) is 1. The van der Waals surface area contributed by atoms with Gasteiger partial charge < -0.3 is 19.5 Å². The number of halogens is 1. The molecular formula is C27H28FNO5. The molecule has 0 fully saturated rings. The van der Waals surface area contributed by atoms with E-state index in [0.29, 0.717) is 28.8 Å². The Bertz CT molecular complexity index is 1150. The number of hydrogen-bond acceptors (Lipinski definition) is 6. The van der Waals surface area contributed by atoms with E-state index in [0.717, 1.165) is 17.0 Å². The van der Waals surface area contributed by atoms with E-state index in [2.05, 4.69) is 5.32 Å². The zero-order valence-electron chi connectivity index (χ0n) is 19.5. The first-order chi connectivity index (χ1) is 16.4. The summed E-state index contributed by atoms with van der Waals surface area (Å²) >= 11 is 0. The molecule has 0 aromatic heterocycles. The molecule has 0 amide bonds. The maximum atomic E-state index is 13.7. The highest BCUT2D eigenvalue weighted by Crippen LogP contribution is 2.46. The van der Waals surface area contributed by atoms with Crippen molar-refractivity contribution in [3.05, 3.63) is 88.0 Å². The van der Waals surface area contributed by atoms with E-state index in [1.807, 2.05) is 24.3 Å². The summed E-state index contributed by atoms with van der Waals surface area (Å²) in [6, 6.07) is 13.6. The Kier molecular flexibility index (Phi) is 7.12. The van der Waals surface area contributed by atoms with Crippen molar-refractivity contribution in [1.82, 2.24) is 5.32 Å². The number of ether oxygens (including phenoxy) is 3. The van der Waals surface area contributed by atoms with Crippen LogP contribution in [0.4, 0.5) is 4.39 Å². The van der Waals surface area contributed by atoms with E-state index >= 15 is 0 Å². The van der Waals surface area contributed by atoms with Crippen molar-refractivity contribution >= 4 is 11.8 Å². The number of esters is 1. The molecule has 0 bridgehead atoms. The standard InChI is InChI=1S/C27H28FNO5/c1-16-24(27(31)34-13-12-32-2)25(17-8-10-19(28)11-9-17)26-21(29-16)14-18(15-22(26)30)20-6-4-5-7-23(20)33-3/h4-11,18,25,29H,12-15H2,1-3H3. The summed E-state index contributed by atoms with van der Waals surface area (Å²) in [5, 5.41) is 3.31. The van der Waals surface area contributed by atoms with Crippen LogP contribution in [0, 0.1) is 5.82 Å². The number of para-hydroxylation sites is 1. The SMILES string of the molecule is COCCOC(=O)C1=C(C)NC2=C(C(=O)CC(c3ccccc3OC)C2)C1c1ccc(F)cc1. The van der Waals surface area contributed by atoms with Gasteiger partial charge in [0.1, 0.15) is 18.2 Å². The number of allylic oxidation sites excluding steroid dienone is 3. The van der Waals surface area contributed by atoms with Crippen molar-refractivity contribution in [3.8, 4) is 5.75 Å². The molecule has 6 nitrogen and oxygen atoms in total. The van der Waals surface area contributed by atoms with Gasteiger partial charge in [0.05, 0.1) is 19.3 Å². The largest absolute Gasteiger partial charge is 0.496 e. The van der Waals surface area contributed by atoms with Crippen LogP contribution < -0.4 is 10.1 Å². The Hall–Kier alpha value is -3.45. The predicted octanol–water partition coefficient (Wildman–Crippen LogP) is 4.39. The van der Waals surface area contributed by atoms with Crippen molar-refractivity contribution in [2.24, 2.45) is 0 Å². The topological polar surface area (TPSA) is 73.9 Å². The molecule has 1 aliphatic heterocycles. The summed E-state index contributed by atoms with van der Waals surface area (Å²) in [7, 11) is 3.14. The molecule has 2 aromatic rings. The summed E-state index contributed by atoms with van der Waals surface area (Å²) in [4.78, 5) is 26.7. The average molecular weight is 466 g/mol. The van der Waals surface area contributed by atoms with E-state index in [9.17, 15) is 14.0 Å². The Morgan fingerprint density at radius 1 is 1.06 bits per heavy atom. The molecule has 0 spiro atoms. The van der Waals surface area contributed by atoms with Crippen molar-refractivity contribution in [1.29, 1.82) is 0 Å². The van der Waals surface area contributed by atoms with E-state index in [1.54, 1.807) is 26.2 Å². The molecule has 178 valence electrons. The first kappa shape index (κ1) is 23.7. The van der Waals surface area contributed by atoms with Gasteiger partial charge in [0.2, 0.25) is 0 Å². The van der Waals surface area contributed by atoms with Gasteiger partial charge in [-0.2, -0.15) is 0 Å². The average Bonchev–Trinajstić information content (AvgIpc) is 2.83. The van der Waals surface area contributed by atoms with Crippen molar-refractivity contribution in [2.45, 2.75) is 31.6 Å².